The summed E-state index contributed by atoms with van der Waals surface area (Å²) in [5.41, 5.74) is 0. The van der Waals surface area contributed by atoms with Gasteiger partial charge in [0.1, 0.15) is 0 Å². The van der Waals surface area contributed by atoms with Crippen molar-refractivity contribution < 1.29 is 0 Å². The third-order valence-electron chi connectivity index (χ3n) is 2.43. The number of aryl methyl sites for hydroxylation is 1. The Balaban J connectivity index is 1.53. The molecule has 0 unspecified atom stereocenters. The molecule has 0 aliphatic heterocycles. The Morgan fingerprint density at radius 1 is 1.50 bits per heavy atom. The smallest absolute Gasteiger partial charge is 0.0623 e. The number of rotatable bonds is 6. The quantitative estimate of drug-likeness (QED) is 0.644. The van der Waals surface area contributed by atoms with E-state index in [-0.39, 0.29) is 0 Å². The van der Waals surface area contributed by atoms with E-state index in [9.17, 15) is 0 Å². The molecule has 1 heterocycles. The molecule has 1 fully saturated rings. The maximum atomic E-state index is 4.25. The molecule has 78 valence electrons. The largest absolute Gasteiger partial charge is 0.314 e. The molecule has 0 spiro atoms. The fourth-order valence-corrected chi connectivity index (χ4v) is 1.90. The van der Waals surface area contributed by atoms with Crippen LogP contribution in [0.25, 0.3) is 0 Å². The number of halogens is 1. The minimum Gasteiger partial charge on any atom is -0.314 e. The summed E-state index contributed by atoms with van der Waals surface area (Å²) in [7, 11) is 0. The third-order valence-corrected chi connectivity index (χ3v) is 2.98. The van der Waals surface area contributed by atoms with Crippen LogP contribution in [0.5, 0.6) is 0 Å². The van der Waals surface area contributed by atoms with Crippen molar-refractivity contribution in [2.75, 3.05) is 6.54 Å². The van der Waals surface area contributed by atoms with Crippen molar-refractivity contribution in [3.63, 3.8) is 0 Å². The van der Waals surface area contributed by atoms with Gasteiger partial charge in [0.15, 0.2) is 0 Å². The molecule has 0 bridgehead atoms. The zero-order chi connectivity index (χ0) is 9.80. The predicted molar refractivity (Wildman–Crippen MR) is 65.2 cm³/mol. The van der Waals surface area contributed by atoms with Gasteiger partial charge in [-0.05, 0) is 54.8 Å². The summed E-state index contributed by atoms with van der Waals surface area (Å²) in [6.07, 6.45) is 9.25. The van der Waals surface area contributed by atoms with E-state index in [1.54, 1.807) is 0 Å². The molecule has 1 saturated carbocycles. The van der Waals surface area contributed by atoms with Gasteiger partial charge in [-0.3, -0.25) is 4.68 Å². The highest BCUT2D eigenvalue weighted by molar-refractivity contribution is 14.1. The highest BCUT2D eigenvalue weighted by Gasteiger charge is 2.19. The first-order valence-corrected chi connectivity index (χ1v) is 6.34. The zero-order valence-corrected chi connectivity index (χ0v) is 10.4. The second kappa shape index (κ2) is 5.11. The van der Waals surface area contributed by atoms with Crippen LogP contribution in [0.1, 0.15) is 25.7 Å². The van der Waals surface area contributed by atoms with E-state index in [0.29, 0.717) is 0 Å². The molecule has 1 aromatic rings. The van der Waals surface area contributed by atoms with Crippen LogP contribution in [-0.4, -0.2) is 22.4 Å². The maximum Gasteiger partial charge on any atom is 0.0623 e. The fourth-order valence-electron chi connectivity index (χ4n) is 1.45. The van der Waals surface area contributed by atoms with Crippen LogP contribution in [0.15, 0.2) is 12.4 Å². The molecule has 2 rings (SSSR count). The van der Waals surface area contributed by atoms with Crippen LogP contribution >= 0.6 is 22.6 Å². The van der Waals surface area contributed by atoms with Crippen LogP contribution < -0.4 is 5.32 Å². The minimum absolute atomic E-state index is 0.848. The number of aromatic nitrogens is 2. The molecule has 1 aliphatic rings. The molecule has 14 heavy (non-hydrogen) atoms. The number of unbranched alkanes of at least 4 members (excludes halogenated alkanes) is 1. The molecule has 0 atom stereocenters. The normalized spacial score (nSPS) is 16.1. The third kappa shape index (κ3) is 3.57. The maximum absolute atomic E-state index is 4.25. The van der Waals surface area contributed by atoms with E-state index >= 15 is 0 Å². The van der Waals surface area contributed by atoms with E-state index in [2.05, 4.69) is 39.2 Å². The second-order valence-electron chi connectivity index (χ2n) is 3.86. The number of nitrogens with one attached hydrogen (secondary N) is 1. The van der Waals surface area contributed by atoms with Crippen molar-refractivity contribution in [3.8, 4) is 0 Å². The summed E-state index contributed by atoms with van der Waals surface area (Å²) in [6.45, 7) is 2.22. The molecular weight excluding hydrogens is 289 g/mol. The Morgan fingerprint density at radius 2 is 2.36 bits per heavy atom. The van der Waals surface area contributed by atoms with Crippen LogP contribution in [0.3, 0.4) is 0 Å². The Bertz CT molecular complexity index is 281. The van der Waals surface area contributed by atoms with E-state index in [1.165, 1.54) is 35.8 Å². The monoisotopic (exact) mass is 305 g/mol. The lowest BCUT2D eigenvalue weighted by atomic mass is 10.3. The van der Waals surface area contributed by atoms with Crippen molar-refractivity contribution in [2.45, 2.75) is 38.3 Å². The van der Waals surface area contributed by atoms with Gasteiger partial charge in [-0.25, -0.2) is 0 Å². The molecule has 3 nitrogen and oxygen atoms in total. The van der Waals surface area contributed by atoms with Gasteiger partial charge >= 0.3 is 0 Å². The molecular formula is C10H16IN3. The average Bonchev–Trinajstić information content (AvgIpc) is 2.89. The van der Waals surface area contributed by atoms with Gasteiger partial charge in [0, 0.05) is 18.8 Å². The first kappa shape index (κ1) is 10.4. The lowest BCUT2D eigenvalue weighted by Crippen LogP contribution is -2.17. The van der Waals surface area contributed by atoms with E-state index in [4.69, 9.17) is 0 Å². The van der Waals surface area contributed by atoms with Crippen molar-refractivity contribution in [3.05, 3.63) is 16.0 Å². The lowest BCUT2D eigenvalue weighted by Gasteiger charge is -2.02. The van der Waals surface area contributed by atoms with E-state index < -0.39 is 0 Å². The first-order chi connectivity index (χ1) is 6.84. The fraction of sp³-hybridized carbons (Fsp3) is 0.700. The summed E-state index contributed by atoms with van der Waals surface area (Å²) in [6, 6.07) is 0.848. The van der Waals surface area contributed by atoms with Crippen molar-refractivity contribution >= 4 is 22.6 Å². The minimum atomic E-state index is 0.848. The van der Waals surface area contributed by atoms with Crippen LogP contribution in [-0.2, 0) is 6.54 Å². The van der Waals surface area contributed by atoms with Gasteiger partial charge in [0.25, 0.3) is 0 Å². The predicted octanol–water partition coefficient (Wildman–Crippen LogP) is 2.02. The SMILES string of the molecule is Ic1cnn(CCCCNC2CC2)c1. The first-order valence-electron chi connectivity index (χ1n) is 5.26. The van der Waals surface area contributed by atoms with Crippen LogP contribution in [0.2, 0.25) is 0 Å². The highest BCUT2D eigenvalue weighted by Crippen LogP contribution is 2.18. The van der Waals surface area contributed by atoms with Gasteiger partial charge in [-0.2, -0.15) is 5.10 Å². The molecule has 4 heteroatoms. The number of nitrogens with zero attached hydrogens (tertiary/aromatic N) is 2. The number of hydrogen-bond acceptors (Lipinski definition) is 2. The molecule has 0 aromatic carbocycles. The average molecular weight is 305 g/mol. The Labute approximate surface area is 98.4 Å². The molecule has 0 amide bonds. The summed E-state index contributed by atoms with van der Waals surface area (Å²) in [4.78, 5) is 0. The highest BCUT2D eigenvalue weighted by atomic mass is 127. The van der Waals surface area contributed by atoms with Gasteiger partial charge in [-0.1, -0.05) is 0 Å². The Morgan fingerprint density at radius 3 is 3.00 bits per heavy atom. The lowest BCUT2D eigenvalue weighted by molar-refractivity contribution is 0.534. The van der Waals surface area contributed by atoms with Crippen LogP contribution in [0, 0.1) is 3.57 Å². The Hall–Kier alpha value is -0.100. The summed E-state index contributed by atoms with van der Waals surface area (Å²) < 4.78 is 3.25. The summed E-state index contributed by atoms with van der Waals surface area (Å²) >= 11 is 2.29. The van der Waals surface area contributed by atoms with Gasteiger partial charge < -0.3 is 5.32 Å². The topological polar surface area (TPSA) is 29.9 Å². The van der Waals surface area contributed by atoms with Crippen molar-refractivity contribution in [1.82, 2.24) is 15.1 Å². The zero-order valence-electron chi connectivity index (χ0n) is 8.25. The molecule has 0 radical (unpaired) electrons. The molecule has 1 N–H and O–H groups in total. The number of hydrogen-bond donors (Lipinski definition) is 1. The van der Waals surface area contributed by atoms with Crippen LogP contribution in [0.4, 0.5) is 0 Å². The standard InChI is InChI=1S/C10H16IN3/c11-9-7-13-14(8-9)6-2-1-5-12-10-3-4-10/h7-8,10,12H,1-6H2. The van der Waals surface area contributed by atoms with Gasteiger partial charge in [-0.15, -0.1) is 0 Å². The summed E-state index contributed by atoms with van der Waals surface area (Å²) in [5, 5.41) is 7.77. The molecule has 1 aromatic heterocycles. The van der Waals surface area contributed by atoms with E-state index in [1.807, 2.05) is 10.9 Å². The van der Waals surface area contributed by atoms with Gasteiger partial charge in [0.2, 0.25) is 0 Å². The summed E-state index contributed by atoms with van der Waals surface area (Å²) in [5.74, 6) is 0. The molecule has 1 aliphatic carbocycles. The van der Waals surface area contributed by atoms with E-state index in [0.717, 1.165) is 12.6 Å². The molecule has 0 saturated heterocycles. The van der Waals surface area contributed by atoms with Crippen molar-refractivity contribution in [1.29, 1.82) is 0 Å². The van der Waals surface area contributed by atoms with Gasteiger partial charge in [0.05, 0.1) is 9.77 Å². The van der Waals surface area contributed by atoms with Crippen molar-refractivity contribution in [2.24, 2.45) is 0 Å². The Kier molecular flexibility index (Phi) is 3.81. The second-order valence-corrected chi connectivity index (χ2v) is 5.10.